The fourth-order valence-corrected chi connectivity index (χ4v) is 3.45. The number of halogens is 1. The number of amides is 1. The highest BCUT2D eigenvalue weighted by molar-refractivity contribution is 5.95. The molecule has 4 nitrogen and oxygen atoms in total. The summed E-state index contributed by atoms with van der Waals surface area (Å²) in [6.07, 6.45) is 3.32. The van der Waals surface area contributed by atoms with Crippen LogP contribution in [0.3, 0.4) is 0 Å². The van der Waals surface area contributed by atoms with Gasteiger partial charge in [0.1, 0.15) is 5.75 Å². The van der Waals surface area contributed by atoms with Crippen LogP contribution in [0.1, 0.15) is 31.7 Å². The molecule has 2 N–H and O–H groups in total. The minimum Gasteiger partial charge on any atom is -0.494 e. The quantitative estimate of drug-likeness (QED) is 0.894. The van der Waals surface area contributed by atoms with Gasteiger partial charge in [-0.1, -0.05) is 0 Å². The third kappa shape index (κ3) is 3.39. The van der Waals surface area contributed by atoms with Crippen LogP contribution in [0.25, 0.3) is 0 Å². The molecule has 1 aliphatic heterocycles. The highest BCUT2D eigenvalue weighted by atomic mass is 35.5. The van der Waals surface area contributed by atoms with Crippen LogP contribution < -0.4 is 15.4 Å². The molecule has 5 heteroatoms. The van der Waals surface area contributed by atoms with Crippen LogP contribution in [-0.4, -0.2) is 25.6 Å². The normalized spacial score (nSPS) is 21.8. The second-order valence-electron chi connectivity index (χ2n) is 6.27. The third-order valence-corrected chi connectivity index (χ3v) is 4.87. The van der Waals surface area contributed by atoms with Crippen LogP contribution in [0.5, 0.6) is 5.75 Å². The summed E-state index contributed by atoms with van der Waals surface area (Å²) in [5.74, 6) is 1.24. The summed E-state index contributed by atoms with van der Waals surface area (Å²) in [6.45, 7) is 6.73. The number of aryl methyl sites for hydroxylation is 1. The molecule has 2 fully saturated rings. The molecule has 1 saturated heterocycles. The lowest BCUT2D eigenvalue weighted by molar-refractivity contribution is -0.118. The van der Waals surface area contributed by atoms with Gasteiger partial charge in [0.05, 0.1) is 6.61 Å². The molecule has 1 unspecified atom stereocenters. The number of carbonyl (C=O) groups excluding carboxylic acids is 1. The summed E-state index contributed by atoms with van der Waals surface area (Å²) >= 11 is 0. The zero-order valence-corrected chi connectivity index (χ0v) is 14.1. The number of rotatable bonds is 4. The topological polar surface area (TPSA) is 50.4 Å². The minimum absolute atomic E-state index is 0. The van der Waals surface area contributed by atoms with Crippen LogP contribution in [0.4, 0.5) is 5.69 Å². The first-order chi connectivity index (χ1) is 10.1. The number of hydrogen-bond donors (Lipinski definition) is 2. The number of anilines is 1. The zero-order chi connectivity index (χ0) is 14.9. The van der Waals surface area contributed by atoms with Gasteiger partial charge < -0.3 is 15.4 Å². The van der Waals surface area contributed by atoms with Crippen LogP contribution in [0, 0.1) is 18.3 Å². The van der Waals surface area contributed by atoms with E-state index >= 15 is 0 Å². The lowest BCUT2D eigenvalue weighted by Crippen LogP contribution is -2.31. The van der Waals surface area contributed by atoms with Gasteiger partial charge in [-0.15, -0.1) is 12.4 Å². The number of benzene rings is 1. The van der Waals surface area contributed by atoms with E-state index in [1.807, 2.05) is 32.0 Å². The van der Waals surface area contributed by atoms with Gasteiger partial charge in [0.25, 0.3) is 0 Å². The zero-order valence-electron chi connectivity index (χ0n) is 13.3. The molecule has 1 aromatic carbocycles. The van der Waals surface area contributed by atoms with E-state index in [1.54, 1.807) is 0 Å². The van der Waals surface area contributed by atoms with Crippen molar-refractivity contribution < 1.29 is 9.53 Å². The summed E-state index contributed by atoms with van der Waals surface area (Å²) in [5, 5.41) is 6.47. The van der Waals surface area contributed by atoms with E-state index in [2.05, 4.69) is 10.6 Å². The van der Waals surface area contributed by atoms with Crippen molar-refractivity contribution in [2.45, 2.75) is 33.1 Å². The molecule has 1 atom stereocenters. The van der Waals surface area contributed by atoms with Crippen molar-refractivity contribution >= 4 is 24.0 Å². The summed E-state index contributed by atoms with van der Waals surface area (Å²) in [6, 6.07) is 5.83. The maximum absolute atomic E-state index is 12.4. The van der Waals surface area contributed by atoms with Crippen molar-refractivity contribution in [1.82, 2.24) is 5.32 Å². The number of nitrogens with one attached hydrogen (secondary N) is 2. The Morgan fingerprint density at radius 1 is 1.41 bits per heavy atom. The molecule has 22 heavy (non-hydrogen) atoms. The van der Waals surface area contributed by atoms with Gasteiger partial charge in [0.2, 0.25) is 5.91 Å². The lowest BCUT2D eigenvalue weighted by atomic mass is 9.91. The van der Waals surface area contributed by atoms with E-state index in [0.717, 1.165) is 49.4 Å². The fourth-order valence-electron chi connectivity index (χ4n) is 3.45. The van der Waals surface area contributed by atoms with E-state index < -0.39 is 0 Å². The predicted molar refractivity (Wildman–Crippen MR) is 90.9 cm³/mol. The molecular formula is C17H25ClN2O2. The predicted octanol–water partition coefficient (Wildman–Crippen LogP) is 3.14. The Balaban J connectivity index is 0.00000176. The Hall–Kier alpha value is -1.26. The van der Waals surface area contributed by atoms with Gasteiger partial charge >= 0.3 is 0 Å². The maximum atomic E-state index is 12.4. The largest absolute Gasteiger partial charge is 0.494 e. The average molecular weight is 325 g/mol. The first kappa shape index (κ1) is 17.1. The Labute approximate surface area is 138 Å². The van der Waals surface area contributed by atoms with Crippen LogP contribution >= 0.6 is 12.4 Å². The second-order valence-corrected chi connectivity index (χ2v) is 6.27. The third-order valence-electron chi connectivity index (χ3n) is 4.87. The van der Waals surface area contributed by atoms with Crippen molar-refractivity contribution in [3.05, 3.63) is 23.8 Å². The molecule has 0 bridgehead atoms. The van der Waals surface area contributed by atoms with E-state index in [4.69, 9.17) is 4.74 Å². The van der Waals surface area contributed by atoms with Crippen molar-refractivity contribution in [3.8, 4) is 5.75 Å². The fraction of sp³-hybridized carbons (Fsp3) is 0.588. The lowest BCUT2D eigenvalue weighted by Gasteiger charge is -2.23. The Bertz CT molecular complexity index is 541. The molecule has 2 aliphatic rings. The highest BCUT2D eigenvalue weighted by Gasteiger charge is 2.57. The van der Waals surface area contributed by atoms with E-state index in [-0.39, 0.29) is 29.6 Å². The number of piperidine rings is 1. The number of ether oxygens (including phenoxy) is 1. The smallest absolute Gasteiger partial charge is 0.228 e. The monoisotopic (exact) mass is 324 g/mol. The summed E-state index contributed by atoms with van der Waals surface area (Å²) in [7, 11) is 0. The van der Waals surface area contributed by atoms with Crippen LogP contribution in [0.2, 0.25) is 0 Å². The van der Waals surface area contributed by atoms with Crippen LogP contribution in [-0.2, 0) is 4.79 Å². The summed E-state index contributed by atoms with van der Waals surface area (Å²) in [4.78, 5) is 12.4. The van der Waals surface area contributed by atoms with Crippen molar-refractivity contribution in [2.24, 2.45) is 11.3 Å². The molecular weight excluding hydrogens is 300 g/mol. The van der Waals surface area contributed by atoms with Gasteiger partial charge in [-0.25, -0.2) is 0 Å². The first-order valence-electron chi connectivity index (χ1n) is 7.90. The molecule has 1 aliphatic carbocycles. The van der Waals surface area contributed by atoms with Crippen molar-refractivity contribution in [3.63, 3.8) is 0 Å². The van der Waals surface area contributed by atoms with Gasteiger partial charge in [0.15, 0.2) is 0 Å². The number of hydrogen-bond acceptors (Lipinski definition) is 3. The van der Waals surface area contributed by atoms with Gasteiger partial charge in [-0.05, 0) is 75.4 Å². The molecule has 122 valence electrons. The SMILES string of the molecule is CCOc1ccc(NC(=O)C2CC23CCNCC3)c(C)c1.Cl. The standard InChI is InChI=1S/C17H24N2O2.ClH/c1-3-21-13-4-5-15(12(2)10-13)19-16(20)14-11-17(14)6-8-18-9-7-17;/h4-5,10,14,18H,3,6-9,11H2,1-2H3,(H,19,20);1H. The van der Waals surface area contributed by atoms with Gasteiger partial charge in [-0.2, -0.15) is 0 Å². The molecule has 1 saturated carbocycles. The molecule has 3 rings (SSSR count). The van der Waals surface area contributed by atoms with Crippen molar-refractivity contribution in [2.75, 3.05) is 25.0 Å². The van der Waals surface area contributed by atoms with Gasteiger partial charge in [0, 0.05) is 11.6 Å². The molecule has 1 aromatic rings. The molecule has 1 spiro atoms. The van der Waals surface area contributed by atoms with E-state index in [1.165, 1.54) is 0 Å². The van der Waals surface area contributed by atoms with E-state index in [0.29, 0.717) is 6.61 Å². The Kier molecular flexibility index (Phi) is 5.35. The van der Waals surface area contributed by atoms with Crippen molar-refractivity contribution in [1.29, 1.82) is 0 Å². The molecule has 0 radical (unpaired) electrons. The maximum Gasteiger partial charge on any atom is 0.228 e. The molecule has 1 amide bonds. The summed E-state index contributed by atoms with van der Waals surface area (Å²) < 4.78 is 5.48. The Morgan fingerprint density at radius 2 is 2.14 bits per heavy atom. The Morgan fingerprint density at radius 3 is 2.77 bits per heavy atom. The van der Waals surface area contributed by atoms with E-state index in [9.17, 15) is 4.79 Å². The summed E-state index contributed by atoms with van der Waals surface area (Å²) in [5.41, 5.74) is 2.24. The van der Waals surface area contributed by atoms with Gasteiger partial charge in [-0.3, -0.25) is 4.79 Å². The van der Waals surface area contributed by atoms with Crippen LogP contribution in [0.15, 0.2) is 18.2 Å². The number of carbonyl (C=O) groups is 1. The second kappa shape index (κ2) is 6.88. The average Bonchev–Trinajstić information content (AvgIpc) is 3.16. The minimum atomic E-state index is 0. The molecule has 1 heterocycles. The first-order valence-corrected chi connectivity index (χ1v) is 7.90. The highest BCUT2D eigenvalue weighted by Crippen LogP contribution is 2.58. The molecule has 0 aromatic heterocycles.